The number of hydrogen-bond acceptors (Lipinski definition) is 4. The van der Waals surface area contributed by atoms with Crippen molar-refractivity contribution in [1.29, 1.82) is 0 Å². The Hall–Kier alpha value is -2.41. The van der Waals surface area contributed by atoms with Crippen molar-refractivity contribution in [2.24, 2.45) is 0 Å². The molecule has 1 aliphatic rings. The fourth-order valence-electron chi connectivity index (χ4n) is 4.11. The number of piperidine rings is 1. The Bertz CT molecular complexity index is 864. The number of ether oxygens (including phenoxy) is 1. The zero-order chi connectivity index (χ0) is 22.2. The van der Waals surface area contributed by atoms with Gasteiger partial charge in [-0.15, -0.1) is 0 Å². The molecule has 1 heterocycles. The average molecular weight is 445 g/mol. The fraction of sp³-hybridized carbons (Fsp3) is 0.417. The number of nitrogens with zero attached hydrogens (tertiary/aromatic N) is 1. The summed E-state index contributed by atoms with van der Waals surface area (Å²) in [6.07, 6.45) is 3.46. The Kier molecular flexibility index (Phi) is 8.46. The SMILES string of the molecule is CO[C@H](CC(=O)NO)[C@H](Cc1ccc(Cl)cc1)c1ccc(C(=O)N2CCCCC2)cc1. The van der Waals surface area contributed by atoms with E-state index in [0.29, 0.717) is 17.0 Å². The van der Waals surface area contributed by atoms with E-state index in [1.165, 1.54) is 6.42 Å². The maximum absolute atomic E-state index is 12.8. The van der Waals surface area contributed by atoms with Gasteiger partial charge in [0.2, 0.25) is 5.91 Å². The second-order valence-electron chi connectivity index (χ2n) is 7.93. The Morgan fingerprint density at radius 2 is 1.71 bits per heavy atom. The van der Waals surface area contributed by atoms with Crippen molar-refractivity contribution in [3.8, 4) is 0 Å². The van der Waals surface area contributed by atoms with Crippen LogP contribution in [0.15, 0.2) is 48.5 Å². The molecule has 0 radical (unpaired) electrons. The van der Waals surface area contributed by atoms with Crippen LogP contribution in [0.3, 0.4) is 0 Å². The molecule has 0 spiro atoms. The summed E-state index contributed by atoms with van der Waals surface area (Å²) in [5.41, 5.74) is 4.36. The van der Waals surface area contributed by atoms with E-state index in [9.17, 15) is 9.59 Å². The summed E-state index contributed by atoms with van der Waals surface area (Å²) in [6.45, 7) is 1.61. The largest absolute Gasteiger partial charge is 0.380 e. The first-order valence-corrected chi connectivity index (χ1v) is 11.0. The minimum Gasteiger partial charge on any atom is -0.380 e. The summed E-state index contributed by atoms with van der Waals surface area (Å²) in [5.74, 6) is -0.601. The monoisotopic (exact) mass is 444 g/mol. The second kappa shape index (κ2) is 11.3. The van der Waals surface area contributed by atoms with E-state index in [0.717, 1.165) is 37.1 Å². The van der Waals surface area contributed by atoms with Gasteiger partial charge in [-0.05, 0) is 61.1 Å². The number of hydroxylamine groups is 1. The summed E-state index contributed by atoms with van der Waals surface area (Å²) in [5, 5.41) is 9.62. The van der Waals surface area contributed by atoms with Crippen molar-refractivity contribution >= 4 is 23.4 Å². The smallest absolute Gasteiger partial charge is 0.253 e. The van der Waals surface area contributed by atoms with Crippen LogP contribution in [-0.2, 0) is 16.0 Å². The minimum absolute atomic E-state index is 0.0136. The number of carbonyl (C=O) groups excluding carboxylic acids is 2. The van der Waals surface area contributed by atoms with E-state index in [1.54, 1.807) is 12.6 Å². The summed E-state index contributed by atoms with van der Waals surface area (Å²) >= 11 is 6.01. The Balaban J connectivity index is 1.83. The standard InChI is InChI=1S/C24H29ClN2O4/c1-31-22(16-23(28)26-30)21(15-17-5-11-20(25)12-6-17)18-7-9-19(10-8-18)24(29)27-13-3-2-4-14-27/h5-12,21-22,30H,2-4,13-16H2,1H3,(H,26,28)/t21-,22-/m1/s1. The molecule has 2 atom stereocenters. The number of methoxy groups -OCH3 is 1. The van der Waals surface area contributed by atoms with E-state index < -0.39 is 12.0 Å². The van der Waals surface area contributed by atoms with Crippen LogP contribution in [0, 0.1) is 0 Å². The lowest BCUT2D eigenvalue weighted by molar-refractivity contribution is -0.132. The Morgan fingerprint density at radius 3 is 2.29 bits per heavy atom. The van der Waals surface area contributed by atoms with Crippen molar-refractivity contribution in [2.75, 3.05) is 20.2 Å². The molecule has 1 saturated heterocycles. The normalized spacial score (nSPS) is 15.9. The van der Waals surface area contributed by atoms with E-state index >= 15 is 0 Å². The van der Waals surface area contributed by atoms with Crippen molar-refractivity contribution in [1.82, 2.24) is 10.4 Å². The molecule has 1 aliphatic heterocycles. The van der Waals surface area contributed by atoms with E-state index in [4.69, 9.17) is 21.5 Å². The molecule has 2 aromatic rings. The van der Waals surface area contributed by atoms with Gasteiger partial charge >= 0.3 is 0 Å². The molecule has 3 rings (SSSR count). The molecule has 2 aromatic carbocycles. The van der Waals surface area contributed by atoms with Crippen LogP contribution in [0.5, 0.6) is 0 Å². The van der Waals surface area contributed by atoms with Crippen LogP contribution < -0.4 is 5.48 Å². The number of halogens is 1. The molecule has 0 aromatic heterocycles. The van der Waals surface area contributed by atoms with Gasteiger partial charge in [0, 0.05) is 36.7 Å². The van der Waals surface area contributed by atoms with Crippen molar-refractivity contribution in [2.45, 2.75) is 44.1 Å². The van der Waals surface area contributed by atoms with Crippen molar-refractivity contribution < 1.29 is 19.5 Å². The van der Waals surface area contributed by atoms with Crippen LogP contribution in [-0.4, -0.2) is 48.2 Å². The zero-order valence-electron chi connectivity index (χ0n) is 17.7. The number of benzene rings is 2. The highest BCUT2D eigenvalue weighted by molar-refractivity contribution is 6.30. The first kappa shape index (κ1) is 23.3. The first-order chi connectivity index (χ1) is 15.0. The van der Waals surface area contributed by atoms with Crippen molar-refractivity contribution in [3.63, 3.8) is 0 Å². The van der Waals surface area contributed by atoms with Gasteiger partial charge in [0.1, 0.15) is 0 Å². The molecule has 1 fully saturated rings. The Morgan fingerprint density at radius 1 is 1.06 bits per heavy atom. The molecular weight excluding hydrogens is 416 g/mol. The molecule has 2 N–H and O–H groups in total. The van der Waals surface area contributed by atoms with Gasteiger partial charge in [-0.25, -0.2) is 5.48 Å². The third kappa shape index (κ3) is 6.29. The number of amides is 2. The van der Waals surface area contributed by atoms with Gasteiger partial charge in [0.15, 0.2) is 0 Å². The molecule has 0 bridgehead atoms. The number of rotatable bonds is 8. The summed E-state index contributed by atoms with van der Waals surface area (Å²) < 4.78 is 5.63. The van der Waals surface area contributed by atoms with Gasteiger partial charge in [-0.2, -0.15) is 0 Å². The Labute approximate surface area is 188 Å². The van der Waals surface area contributed by atoms with Crippen LogP contribution in [0.2, 0.25) is 5.02 Å². The van der Waals surface area contributed by atoms with Crippen LogP contribution >= 0.6 is 11.6 Å². The number of hydrogen-bond donors (Lipinski definition) is 2. The van der Waals surface area contributed by atoms with E-state index in [2.05, 4.69) is 0 Å². The topological polar surface area (TPSA) is 78.9 Å². The molecular formula is C24H29ClN2O4. The maximum atomic E-state index is 12.8. The molecule has 166 valence electrons. The lowest BCUT2D eigenvalue weighted by Crippen LogP contribution is -2.35. The van der Waals surface area contributed by atoms with E-state index in [-0.39, 0.29) is 18.2 Å². The molecule has 0 unspecified atom stereocenters. The second-order valence-corrected chi connectivity index (χ2v) is 8.36. The molecule has 6 nitrogen and oxygen atoms in total. The van der Waals surface area contributed by atoms with Gasteiger partial charge in [0.05, 0.1) is 12.5 Å². The number of carbonyl (C=O) groups is 2. The van der Waals surface area contributed by atoms with Crippen LogP contribution in [0.4, 0.5) is 0 Å². The number of likely N-dealkylation sites (tertiary alicyclic amines) is 1. The highest BCUT2D eigenvalue weighted by Gasteiger charge is 2.27. The first-order valence-electron chi connectivity index (χ1n) is 10.6. The third-order valence-corrected chi connectivity index (χ3v) is 6.11. The highest BCUT2D eigenvalue weighted by atomic mass is 35.5. The van der Waals surface area contributed by atoms with Crippen molar-refractivity contribution in [3.05, 3.63) is 70.2 Å². The fourth-order valence-corrected chi connectivity index (χ4v) is 4.24. The summed E-state index contributed by atoms with van der Waals surface area (Å²) in [6, 6.07) is 15.1. The molecule has 7 heteroatoms. The maximum Gasteiger partial charge on any atom is 0.253 e. The highest BCUT2D eigenvalue weighted by Crippen LogP contribution is 2.29. The van der Waals surface area contributed by atoms with Gasteiger partial charge in [0.25, 0.3) is 5.91 Å². The zero-order valence-corrected chi connectivity index (χ0v) is 18.5. The van der Waals surface area contributed by atoms with Crippen LogP contribution in [0.1, 0.15) is 53.1 Å². The van der Waals surface area contributed by atoms with E-state index in [1.807, 2.05) is 53.4 Å². The van der Waals surface area contributed by atoms with Gasteiger partial charge < -0.3 is 9.64 Å². The molecule has 2 amide bonds. The summed E-state index contributed by atoms with van der Waals surface area (Å²) in [4.78, 5) is 26.5. The minimum atomic E-state index is -0.509. The molecule has 31 heavy (non-hydrogen) atoms. The average Bonchev–Trinajstić information content (AvgIpc) is 2.82. The molecule has 0 saturated carbocycles. The predicted octanol–water partition coefficient (Wildman–Crippen LogP) is 4.20. The number of nitrogens with one attached hydrogen (secondary N) is 1. The predicted molar refractivity (Wildman–Crippen MR) is 119 cm³/mol. The lowest BCUT2D eigenvalue weighted by atomic mass is 9.85. The quantitative estimate of drug-likeness (QED) is 0.472. The van der Waals surface area contributed by atoms with Gasteiger partial charge in [-0.3, -0.25) is 14.8 Å². The third-order valence-electron chi connectivity index (χ3n) is 5.86. The van der Waals surface area contributed by atoms with Gasteiger partial charge in [-0.1, -0.05) is 35.9 Å². The summed E-state index contributed by atoms with van der Waals surface area (Å²) in [7, 11) is 1.55. The molecule has 0 aliphatic carbocycles. The van der Waals surface area contributed by atoms with Crippen LogP contribution in [0.25, 0.3) is 0 Å². The lowest BCUT2D eigenvalue weighted by Gasteiger charge is -2.28.